The predicted molar refractivity (Wildman–Crippen MR) is 85.6 cm³/mol. The zero-order valence-electron chi connectivity index (χ0n) is 12.9. The summed E-state index contributed by atoms with van der Waals surface area (Å²) in [5.74, 6) is 1.66. The first-order chi connectivity index (χ1) is 9.84. The van der Waals surface area contributed by atoms with E-state index in [0.29, 0.717) is 17.8 Å². The van der Waals surface area contributed by atoms with Crippen LogP contribution in [0.5, 0.6) is 0 Å². The fourth-order valence-corrected chi connectivity index (χ4v) is 3.69. The second kappa shape index (κ2) is 8.35. The Hall–Kier alpha value is -0.786. The van der Waals surface area contributed by atoms with Crippen molar-refractivity contribution in [3.8, 4) is 0 Å². The van der Waals surface area contributed by atoms with Gasteiger partial charge in [0.15, 0.2) is 0 Å². The summed E-state index contributed by atoms with van der Waals surface area (Å²) in [7, 11) is 0. The molecule has 0 radical (unpaired) electrons. The molecule has 2 aromatic rings. The van der Waals surface area contributed by atoms with Crippen LogP contribution in [0, 0.1) is 5.92 Å². The Morgan fingerprint density at radius 1 is 0.696 bits per heavy atom. The molecule has 0 aromatic heterocycles. The number of rotatable bonds is 2. The summed E-state index contributed by atoms with van der Waals surface area (Å²) in [6.45, 7) is 2.38. The van der Waals surface area contributed by atoms with Crippen LogP contribution in [-0.2, 0) is 21.7 Å². The normalized spacial score (nSPS) is 20.6. The van der Waals surface area contributed by atoms with Gasteiger partial charge >= 0.3 is 21.7 Å². The van der Waals surface area contributed by atoms with Gasteiger partial charge in [-0.05, 0) is 28.2 Å². The van der Waals surface area contributed by atoms with E-state index < -0.39 is 0 Å². The van der Waals surface area contributed by atoms with E-state index in [2.05, 4.69) is 79.8 Å². The van der Waals surface area contributed by atoms with E-state index in [9.17, 15) is 0 Å². The first kappa shape index (κ1) is 20.3. The summed E-state index contributed by atoms with van der Waals surface area (Å²) >= 11 is 0. The summed E-state index contributed by atoms with van der Waals surface area (Å²) in [5.41, 5.74) is 5.75. The molecule has 2 aliphatic rings. The number of fused-ring (bicyclic) bond motifs is 2. The van der Waals surface area contributed by atoms with Crippen molar-refractivity contribution in [3.63, 3.8) is 0 Å². The molecule has 0 nitrogen and oxygen atoms in total. The molecule has 0 fully saturated rings. The zero-order chi connectivity index (χ0) is 13.5. The van der Waals surface area contributed by atoms with Gasteiger partial charge < -0.3 is 24.8 Å². The van der Waals surface area contributed by atoms with Gasteiger partial charge in [-0.25, -0.2) is 0 Å². The Morgan fingerprint density at radius 2 is 1.09 bits per heavy atom. The second-order valence-electron chi connectivity index (χ2n) is 5.89. The standard InChI is InChI=1S/C20H18.2ClH.Ti/c1-14(17-12-10-15-6-2-4-8-19(15)17)18-13-11-16-7-3-5-9-20(16)18;;;/h2-14,17-18H,1H3;2*1H;/q;;;+2/p-2. The van der Waals surface area contributed by atoms with E-state index in [1.165, 1.54) is 22.3 Å². The number of hydrogen-bond acceptors (Lipinski definition) is 0. The minimum Gasteiger partial charge on any atom is -1.00 e. The van der Waals surface area contributed by atoms with Crippen LogP contribution in [0.3, 0.4) is 0 Å². The van der Waals surface area contributed by atoms with Crippen molar-refractivity contribution in [1.29, 1.82) is 0 Å². The Balaban J connectivity index is 0.000000882. The number of hydrogen-bond donors (Lipinski definition) is 0. The van der Waals surface area contributed by atoms with Crippen molar-refractivity contribution in [2.45, 2.75) is 18.8 Å². The molecule has 0 saturated heterocycles. The summed E-state index contributed by atoms with van der Waals surface area (Å²) in [4.78, 5) is 0. The van der Waals surface area contributed by atoms with Gasteiger partial charge in [-0.3, -0.25) is 0 Å². The maximum atomic E-state index is 2.38. The SMILES string of the molecule is CC(C1C=Cc2ccccc21)C1C=Cc2ccccc21.[Cl-].[Cl-].[Ti+2]. The van der Waals surface area contributed by atoms with E-state index >= 15 is 0 Å². The molecule has 0 bridgehead atoms. The molecular formula is C20H18Cl2Ti. The molecule has 0 saturated carbocycles. The molecule has 2 aromatic carbocycles. The quantitative estimate of drug-likeness (QED) is 0.605. The number of halogens is 2. The van der Waals surface area contributed by atoms with Gasteiger partial charge in [-0.2, -0.15) is 0 Å². The van der Waals surface area contributed by atoms with Crippen molar-refractivity contribution in [2.75, 3.05) is 0 Å². The molecule has 116 valence electrons. The van der Waals surface area contributed by atoms with Gasteiger partial charge in [0, 0.05) is 11.8 Å². The van der Waals surface area contributed by atoms with E-state index in [0.717, 1.165) is 0 Å². The van der Waals surface area contributed by atoms with Crippen LogP contribution in [0.2, 0.25) is 0 Å². The van der Waals surface area contributed by atoms with Gasteiger partial charge in [0.05, 0.1) is 0 Å². The Kier molecular flexibility index (Phi) is 7.36. The Morgan fingerprint density at radius 3 is 1.52 bits per heavy atom. The zero-order valence-corrected chi connectivity index (χ0v) is 16.0. The smallest absolute Gasteiger partial charge is 1.00 e. The molecular weight excluding hydrogens is 359 g/mol. The maximum Gasteiger partial charge on any atom is 2.00 e. The van der Waals surface area contributed by atoms with Crippen molar-refractivity contribution >= 4 is 12.2 Å². The minimum absolute atomic E-state index is 0. The maximum absolute atomic E-state index is 2.38. The summed E-state index contributed by atoms with van der Waals surface area (Å²) in [6.07, 6.45) is 9.32. The van der Waals surface area contributed by atoms with Crippen LogP contribution in [0.25, 0.3) is 12.2 Å². The second-order valence-corrected chi connectivity index (χ2v) is 5.89. The van der Waals surface area contributed by atoms with Crippen LogP contribution in [0.1, 0.15) is 41.0 Å². The molecule has 0 spiro atoms. The molecule has 0 amide bonds. The van der Waals surface area contributed by atoms with Crippen LogP contribution in [0.4, 0.5) is 0 Å². The van der Waals surface area contributed by atoms with Crippen molar-refractivity contribution in [2.24, 2.45) is 5.92 Å². The van der Waals surface area contributed by atoms with E-state index in [1.54, 1.807) is 0 Å². The average Bonchev–Trinajstić information content (AvgIpc) is 3.11. The largest absolute Gasteiger partial charge is 2.00 e. The Bertz CT molecular complexity index is 660. The van der Waals surface area contributed by atoms with Gasteiger partial charge in [-0.1, -0.05) is 79.8 Å². The van der Waals surface area contributed by atoms with Gasteiger partial charge in [-0.15, -0.1) is 0 Å². The summed E-state index contributed by atoms with van der Waals surface area (Å²) in [6, 6.07) is 17.6. The average molecular weight is 377 g/mol. The molecule has 23 heavy (non-hydrogen) atoms. The summed E-state index contributed by atoms with van der Waals surface area (Å²) < 4.78 is 0. The van der Waals surface area contributed by atoms with E-state index in [4.69, 9.17) is 0 Å². The molecule has 0 N–H and O–H groups in total. The fraction of sp³-hybridized carbons (Fsp3) is 0.200. The third-order valence-corrected chi connectivity index (χ3v) is 4.81. The molecule has 2 unspecified atom stereocenters. The van der Waals surface area contributed by atoms with Gasteiger partial charge in [0.1, 0.15) is 0 Å². The fourth-order valence-electron chi connectivity index (χ4n) is 3.69. The third-order valence-electron chi connectivity index (χ3n) is 4.81. The molecule has 0 heterocycles. The van der Waals surface area contributed by atoms with Crippen LogP contribution in [-0.4, -0.2) is 0 Å². The molecule has 2 atom stereocenters. The molecule has 4 rings (SSSR count). The minimum atomic E-state index is 0. The predicted octanol–water partition coefficient (Wildman–Crippen LogP) is -0.751. The monoisotopic (exact) mass is 376 g/mol. The third kappa shape index (κ3) is 3.51. The Labute approximate surface area is 165 Å². The first-order valence-corrected chi connectivity index (χ1v) is 7.39. The number of allylic oxidation sites excluding steroid dienone is 2. The van der Waals surface area contributed by atoms with Crippen molar-refractivity contribution in [3.05, 3.63) is 82.9 Å². The van der Waals surface area contributed by atoms with E-state index in [-0.39, 0.29) is 46.5 Å². The van der Waals surface area contributed by atoms with E-state index in [1.807, 2.05) is 0 Å². The number of benzene rings is 2. The molecule has 0 aliphatic heterocycles. The first-order valence-electron chi connectivity index (χ1n) is 7.39. The molecule has 2 aliphatic carbocycles. The van der Waals surface area contributed by atoms with Crippen molar-refractivity contribution < 1.29 is 46.5 Å². The van der Waals surface area contributed by atoms with Gasteiger partial charge in [0.25, 0.3) is 0 Å². The van der Waals surface area contributed by atoms with Crippen LogP contribution in [0.15, 0.2) is 60.7 Å². The topological polar surface area (TPSA) is 0 Å². The molecule has 3 heteroatoms. The van der Waals surface area contributed by atoms with Crippen LogP contribution >= 0.6 is 0 Å². The van der Waals surface area contributed by atoms with Crippen molar-refractivity contribution in [1.82, 2.24) is 0 Å². The van der Waals surface area contributed by atoms with Gasteiger partial charge in [0.2, 0.25) is 0 Å². The summed E-state index contributed by atoms with van der Waals surface area (Å²) in [5, 5.41) is 0. The van der Waals surface area contributed by atoms with Crippen LogP contribution < -0.4 is 24.8 Å².